The number of hydrogen-bond donors (Lipinski definition) is 1. The monoisotopic (exact) mass is 297 g/mol. The molecule has 114 valence electrons. The molecule has 1 unspecified atom stereocenters. The van der Waals surface area contributed by atoms with Crippen LogP contribution in [-0.4, -0.2) is 23.4 Å². The molecule has 1 fully saturated rings. The Balaban J connectivity index is 2.03. The lowest BCUT2D eigenvalue weighted by molar-refractivity contribution is -0.131. The molecule has 0 radical (unpaired) electrons. The van der Waals surface area contributed by atoms with Gasteiger partial charge in [-0.3, -0.25) is 4.79 Å². The van der Waals surface area contributed by atoms with Crippen molar-refractivity contribution < 1.29 is 9.59 Å². The van der Waals surface area contributed by atoms with E-state index in [1.54, 1.807) is 0 Å². The summed E-state index contributed by atoms with van der Waals surface area (Å²) in [5, 5.41) is 11.6. The van der Waals surface area contributed by atoms with E-state index < -0.39 is 11.6 Å². The molecule has 1 aliphatic heterocycles. The average molecular weight is 297 g/mol. The van der Waals surface area contributed by atoms with Gasteiger partial charge in [0.1, 0.15) is 12.1 Å². The number of urea groups is 1. The number of carbonyl (C=O) groups is 2. The van der Waals surface area contributed by atoms with Gasteiger partial charge >= 0.3 is 6.03 Å². The van der Waals surface area contributed by atoms with E-state index >= 15 is 0 Å². The predicted octanol–water partition coefficient (Wildman–Crippen LogP) is 2.25. The summed E-state index contributed by atoms with van der Waals surface area (Å²) in [6.07, 6.45) is 4.94. The Morgan fingerprint density at radius 1 is 1.27 bits per heavy atom. The molecular weight excluding hydrogens is 278 g/mol. The van der Waals surface area contributed by atoms with Gasteiger partial charge < -0.3 is 5.32 Å². The summed E-state index contributed by atoms with van der Waals surface area (Å²) in [6.45, 7) is 1.67. The smallest absolute Gasteiger partial charge is 0.319 e. The van der Waals surface area contributed by atoms with Gasteiger partial charge in [-0.2, -0.15) is 5.26 Å². The van der Waals surface area contributed by atoms with Gasteiger partial charge in [0.15, 0.2) is 0 Å². The normalized spacial score (nSPS) is 23.9. The predicted molar refractivity (Wildman–Crippen MR) is 80.9 cm³/mol. The molecule has 1 aliphatic carbocycles. The fourth-order valence-electron chi connectivity index (χ4n) is 3.48. The van der Waals surface area contributed by atoms with Gasteiger partial charge in [0.2, 0.25) is 0 Å². The van der Waals surface area contributed by atoms with Gasteiger partial charge in [-0.15, -0.1) is 0 Å². The van der Waals surface area contributed by atoms with Gasteiger partial charge in [0, 0.05) is 0 Å². The third kappa shape index (κ3) is 2.07. The van der Waals surface area contributed by atoms with E-state index in [2.05, 4.69) is 17.4 Å². The van der Waals surface area contributed by atoms with Gasteiger partial charge in [0.25, 0.3) is 5.91 Å². The van der Waals surface area contributed by atoms with E-state index in [0.29, 0.717) is 6.42 Å². The summed E-state index contributed by atoms with van der Waals surface area (Å²) < 4.78 is 0. The first-order valence-corrected chi connectivity index (χ1v) is 7.75. The molecule has 1 atom stereocenters. The second-order valence-electron chi connectivity index (χ2n) is 5.93. The van der Waals surface area contributed by atoms with Gasteiger partial charge in [-0.05, 0) is 48.8 Å². The minimum absolute atomic E-state index is 0.211. The number of benzene rings is 1. The van der Waals surface area contributed by atoms with Crippen LogP contribution in [0.4, 0.5) is 4.79 Å². The van der Waals surface area contributed by atoms with Crippen LogP contribution < -0.4 is 5.32 Å². The highest BCUT2D eigenvalue weighted by molar-refractivity contribution is 6.07. The number of hydrogen-bond acceptors (Lipinski definition) is 3. The van der Waals surface area contributed by atoms with Gasteiger partial charge in [-0.25, -0.2) is 9.69 Å². The minimum Gasteiger partial charge on any atom is -0.319 e. The first-order valence-electron chi connectivity index (χ1n) is 7.75. The molecule has 1 aromatic rings. The van der Waals surface area contributed by atoms with Crippen LogP contribution in [0.15, 0.2) is 18.2 Å². The second-order valence-corrected chi connectivity index (χ2v) is 5.93. The molecule has 1 N–H and O–H groups in total. The Hall–Kier alpha value is -2.35. The molecule has 0 spiro atoms. The molecule has 0 bridgehead atoms. The Labute approximate surface area is 129 Å². The van der Waals surface area contributed by atoms with E-state index in [0.717, 1.165) is 29.7 Å². The van der Waals surface area contributed by atoms with E-state index in [1.807, 2.05) is 19.1 Å². The third-order valence-electron chi connectivity index (χ3n) is 4.78. The lowest BCUT2D eigenvalue weighted by Gasteiger charge is -2.27. The highest BCUT2D eigenvalue weighted by Crippen LogP contribution is 2.34. The summed E-state index contributed by atoms with van der Waals surface area (Å²) >= 11 is 0. The van der Waals surface area contributed by atoms with Crippen molar-refractivity contribution in [3.05, 3.63) is 34.9 Å². The Morgan fingerprint density at radius 2 is 2.00 bits per heavy atom. The summed E-state index contributed by atoms with van der Waals surface area (Å²) in [4.78, 5) is 25.8. The highest BCUT2D eigenvalue weighted by atomic mass is 16.2. The molecule has 1 aromatic carbocycles. The van der Waals surface area contributed by atoms with E-state index in [1.165, 1.54) is 17.5 Å². The van der Waals surface area contributed by atoms with Crippen molar-refractivity contribution >= 4 is 11.9 Å². The first kappa shape index (κ1) is 14.6. The number of imide groups is 1. The van der Waals surface area contributed by atoms with Crippen LogP contribution in [0.25, 0.3) is 0 Å². The zero-order valence-electron chi connectivity index (χ0n) is 12.7. The van der Waals surface area contributed by atoms with Crippen LogP contribution in [0.5, 0.6) is 0 Å². The van der Waals surface area contributed by atoms with Crippen molar-refractivity contribution in [1.82, 2.24) is 10.2 Å². The second kappa shape index (κ2) is 5.45. The maximum Gasteiger partial charge on any atom is 0.326 e. The first-order chi connectivity index (χ1) is 10.6. The van der Waals surface area contributed by atoms with Crippen LogP contribution in [0.2, 0.25) is 0 Å². The topological polar surface area (TPSA) is 73.2 Å². The molecule has 3 amide bonds. The molecule has 0 aromatic heterocycles. The van der Waals surface area contributed by atoms with Crippen LogP contribution >= 0.6 is 0 Å². The summed E-state index contributed by atoms with van der Waals surface area (Å²) in [5.74, 6) is -0.322. The molecule has 5 nitrogen and oxygen atoms in total. The maximum absolute atomic E-state index is 12.7. The molecule has 0 saturated carbocycles. The van der Waals surface area contributed by atoms with Crippen molar-refractivity contribution in [2.45, 2.75) is 44.6 Å². The van der Waals surface area contributed by atoms with Crippen molar-refractivity contribution in [2.24, 2.45) is 0 Å². The maximum atomic E-state index is 12.7. The zero-order chi connectivity index (χ0) is 15.7. The fourth-order valence-corrected chi connectivity index (χ4v) is 3.48. The molecule has 1 heterocycles. The number of nitriles is 1. The quantitative estimate of drug-likeness (QED) is 0.687. The number of nitrogens with one attached hydrogen (secondary N) is 1. The van der Waals surface area contributed by atoms with Crippen molar-refractivity contribution in [3.8, 4) is 6.07 Å². The number of rotatable bonds is 3. The standard InChI is InChI=1S/C17H19N3O2/c1-2-17(15(21)20(10-9-18)16(22)19-17)14-8-7-12-5-3-4-6-13(12)11-14/h7-8,11H,2-6,10H2,1H3,(H,19,22). The Kier molecular flexibility index (Phi) is 3.61. The summed E-state index contributed by atoms with van der Waals surface area (Å²) in [5.41, 5.74) is 2.42. The molecule has 1 saturated heterocycles. The van der Waals surface area contributed by atoms with E-state index in [-0.39, 0.29) is 12.5 Å². The number of fused-ring (bicyclic) bond motifs is 1. The van der Waals surface area contributed by atoms with Crippen molar-refractivity contribution in [3.63, 3.8) is 0 Å². The highest BCUT2D eigenvalue weighted by Gasteiger charge is 2.51. The number of nitrogens with zero attached hydrogens (tertiary/aromatic N) is 2. The number of aryl methyl sites for hydroxylation is 2. The van der Waals surface area contributed by atoms with Gasteiger partial charge in [0.05, 0.1) is 6.07 Å². The molecule has 22 heavy (non-hydrogen) atoms. The Morgan fingerprint density at radius 3 is 2.68 bits per heavy atom. The van der Waals surface area contributed by atoms with Crippen molar-refractivity contribution in [1.29, 1.82) is 5.26 Å². The minimum atomic E-state index is -1.03. The molecule has 2 aliphatic rings. The SMILES string of the molecule is CCC1(c2ccc3c(c2)CCCC3)NC(=O)N(CC#N)C1=O. The van der Waals surface area contributed by atoms with Crippen molar-refractivity contribution in [2.75, 3.05) is 6.54 Å². The lowest BCUT2D eigenvalue weighted by atomic mass is 9.82. The third-order valence-corrected chi connectivity index (χ3v) is 4.78. The zero-order valence-corrected chi connectivity index (χ0v) is 12.7. The number of carbonyl (C=O) groups excluding carboxylic acids is 2. The lowest BCUT2D eigenvalue weighted by Crippen LogP contribution is -2.43. The van der Waals surface area contributed by atoms with Crippen LogP contribution in [-0.2, 0) is 23.2 Å². The Bertz CT molecular complexity index is 677. The summed E-state index contributed by atoms with van der Waals surface area (Å²) in [6, 6.07) is 7.48. The van der Waals surface area contributed by atoms with Crippen LogP contribution in [0, 0.1) is 11.3 Å². The van der Waals surface area contributed by atoms with Gasteiger partial charge in [-0.1, -0.05) is 25.1 Å². The molecular formula is C17H19N3O2. The largest absolute Gasteiger partial charge is 0.326 e. The van der Waals surface area contributed by atoms with Crippen LogP contribution in [0.3, 0.4) is 0 Å². The molecule has 5 heteroatoms. The molecule has 3 rings (SSSR count). The summed E-state index contributed by atoms with van der Waals surface area (Å²) in [7, 11) is 0. The fraction of sp³-hybridized carbons (Fsp3) is 0.471. The average Bonchev–Trinajstić information content (AvgIpc) is 2.80. The van der Waals surface area contributed by atoms with E-state index in [9.17, 15) is 9.59 Å². The van der Waals surface area contributed by atoms with Crippen LogP contribution in [0.1, 0.15) is 42.9 Å². The number of amides is 3. The van der Waals surface area contributed by atoms with E-state index in [4.69, 9.17) is 5.26 Å².